The smallest absolute Gasteiger partial charge is 0.136 e. The molecule has 0 aliphatic heterocycles. The summed E-state index contributed by atoms with van der Waals surface area (Å²) in [5.41, 5.74) is 0.943. The Hall–Kier alpha value is -1.22. The maximum absolute atomic E-state index is 9.01. The molecule has 0 bridgehead atoms. The van der Waals surface area contributed by atoms with Gasteiger partial charge in [0.1, 0.15) is 4.87 Å². The van der Waals surface area contributed by atoms with Gasteiger partial charge < -0.3 is 0 Å². The first-order valence-electron chi connectivity index (χ1n) is 4.81. The zero-order valence-corrected chi connectivity index (χ0v) is 10.1. The van der Waals surface area contributed by atoms with Gasteiger partial charge in [-0.3, -0.25) is 0 Å². The van der Waals surface area contributed by atoms with Gasteiger partial charge >= 0.3 is 0 Å². The standard InChI is InChI=1S/C12H10Cl2N2/c13-11-4-2-10(3-5-11)8-12(14,9-16)6-1-7-15/h2-5H,1,6,8H2. The van der Waals surface area contributed by atoms with Crippen LogP contribution in [0.25, 0.3) is 0 Å². The number of rotatable bonds is 4. The number of alkyl halides is 1. The predicted molar refractivity (Wildman–Crippen MR) is 64.2 cm³/mol. The van der Waals surface area contributed by atoms with E-state index in [1.807, 2.05) is 18.2 Å². The summed E-state index contributed by atoms with van der Waals surface area (Å²) >= 11 is 11.9. The monoisotopic (exact) mass is 252 g/mol. The van der Waals surface area contributed by atoms with Crippen LogP contribution < -0.4 is 0 Å². The Balaban J connectivity index is 2.74. The van der Waals surface area contributed by atoms with Crippen LogP contribution in [0.2, 0.25) is 5.02 Å². The molecule has 0 radical (unpaired) electrons. The van der Waals surface area contributed by atoms with Crippen LogP contribution in [0, 0.1) is 22.7 Å². The minimum atomic E-state index is -0.996. The molecule has 1 unspecified atom stereocenters. The van der Waals surface area contributed by atoms with Crippen molar-refractivity contribution in [2.24, 2.45) is 0 Å². The van der Waals surface area contributed by atoms with Crippen molar-refractivity contribution in [1.29, 1.82) is 10.5 Å². The van der Waals surface area contributed by atoms with Crippen LogP contribution >= 0.6 is 23.2 Å². The van der Waals surface area contributed by atoms with Gasteiger partial charge in [0, 0.05) is 17.9 Å². The molecule has 0 saturated carbocycles. The number of halogens is 2. The summed E-state index contributed by atoms with van der Waals surface area (Å²) in [6.07, 6.45) is 1.07. The maximum atomic E-state index is 9.01. The first-order valence-corrected chi connectivity index (χ1v) is 5.57. The largest absolute Gasteiger partial charge is 0.198 e. The van der Waals surface area contributed by atoms with Crippen molar-refractivity contribution in [1.82, 2.24) is 0 Å². The van der Waals surface area contributed by atoms with Crippen molar-refractivity contribution < 1.29 is 0 Å². The highest BCUT2D eigenvalue weighted by molar-refractivity contribution is 6.30. The van der Waals surface area contributed by atoms with Crippen LogP contribution in [0.5, 0.6) is 0 Å². The molecule has 0 aliphatic carbocycles. The first kappa shape index (κ1) is 12.8. The topological polar surface area (TPSA) is 47.6 Å². The number of nitrogens with zero attached hydrogens (tertiary/aromatic N) is 2. The third-order valence-corrected chi connectivity index (χ3v) is 2.89. The summed E-state index contributed by atoms with van der Waals surface area (Å²) in [7, 11) is 0. The van der Waals surface area contributed by atoms with Crippen LogP contribution in [-0.2, 0) is 6.42 Å². The Labute approximate surface area is 105 Å². The third kappa shape index (κ3) is 3.74. The third-order valence-electron chi connectivity index (χ3n) is 2.23. The van der Waals surface area contributed by atoms with E-state index < -0.39 is 4.87 Å². The minimum Gasteiger partial charge on any atom is -0.198 e. The van der Waals surface area contributed by atoms with E-state index in [0.29, 0.717) is 17.9 Å². The molecule has 0 aliphatic rings. The summed E-state index contributed by atoms with van der Waals surface area (Å²) < 4.78 is 0. The van der Waals surface area contributed by atoms with Gasteiger partial charge in [-0.15, -0.1) is 11.6 Å². The van der Waals surface area contributed by atoms with E-state index in [1.165, 1.54) is 0 Å². The zero-order valence-electron chi connectivity index (χ0n) is 8.58. The van der Waals surface area contributed by atoms with E-state index in [0.717, 1.165) is 5.56 Å². The molecule has 0 spiro atoms. The van der Waals surface area contributed by atoms with Gasteiger partial charge in [0.15, 0.2) is 0 Å². The second-order valence-corrected chi connectivity index (χ2v) is 4.70. The van der Waals surface area contributed by atoms with Crippen LogP contribution in [0.3, 0.4) is 0 Å². The fourth-order valence-corrected chi connectivity index (χ4v) is 1.74. The number of hydrogen-bond donors (Lipinski definition) is 0. The lowest BCUT2D eigenvalue weighted by molar-refractivity contribution is 0.650. The fraction of sp³-hybridized carbons (Fsp3) is 0.333. The van der Waals surface area contributed by atoms with Gasteiger partial charge in [-0.2, -0.15) is 10.5 Å². The number of nitriles is 2. The van der Waals surface area contributed by atoms with Gasteiger partial charge in [-0.05, 0) is 24.1 Å². The second kappa shape index (κ2) is 5.75. The number of hydrogen-bond acceptors (Lipinski definition) is 2. The Kier molecular flexibility index (Phi) is 4.62. The molecule has 1 aromatic rings. The van der Waals surface area contributed by atoms with Crippen molar-refractivity contribution in [3.05, 3.63) is 34.9 Å². The van der Waals surface area contributed by atoms with Gasteiger partial charge in [0.25, 0.3) is 0 Å². The molecular weight excluding hydrogens is 243 g/mol. The van der Waals surface area contributed by atoms with E-state index in [9.17, 15) is 0 Å². The Bertz CT molecular complexity index is 428. The molecule has 0 amide bonds. The van der Waals surface area contributed by atoms with E-state index in [4.69, 9.17) is 33.7 Å². The SMILES string of the molecule is N#CCCC(Cl)(C#N)Cc1ccc(Cl)cc1. The lowest BCUT2D eigenvalue weighted by atomic mass is 9.95. The van der Waals surface area contributed by atoms with E-state index >= 15 is 0 Å². The van der Waals surface area contributed by atoms with Crippen molar-refractivity contribution in [2.75, 3.05) is 0 Å². The molecule has 1 atom stereocenters. The zero-order chi connectivity index (χ0) is 12.0. The minimum absolute atomic E-state index is 0.282. The summed E-state index contributed by atoms with van der Waals surface area (Å²) in [4.78, 5) is -0.996. The number of benzene rings is 1. The van der Waals surface area contributed by atoms with Crippen LogP contribution in [0.1, 0.15) is 18.4 Å². The fourth-order valence-electron chi connectivity index (χ4n) is 1.36. The molecule has 0 N–H and O–H groups in total. The molecule has 0 aromatic heterocycles. The molecule has 2 nitrogen and oxygen atoms in total. The lowest BCUT2D eigenvalue weighted by Gasteiger charge is -2.17. The molecule has 1 aromatic carbocycles. The molecule has 0 fully saturated rings. The molecule has 0 heterocycles. The molecule has 1 rings (SSSR count). The quantitative estimate of drug-likeness (QED) is 0.768. The molecule has 82 valence electrons. The average molecular weight is 253 g/mol. The van der Waals surface area contributed by atoms with E-state index in [2.05, 4.69) is 6.07 Å². The van der Waals surface area contributed by atoms with Crippen molar-refractivity contribution >= 4 is 23.2 Å². The van der Waals surface area contributed by atoms with Gasteiger partial charge in [-0.25, -0.2) is 0 Å². The highest BCUT2D eigenvalue weighted by Crippen LogP contribution is 2.26. The van der Waals surface area contributed by atoms with Crippen molar-refractivity contribution in [3.63, 3.8) is 0 Å². The van der Waals surface area contributed by atoms with E-state index in [-0.39, 0.29) is 6.42 Å². The van der Waals surface area contributed by atoms with Gasteiger partial charge in [0.05, 0.1) is 12.1 Å². The molecule has 4 heteroatoms. The van der Waals surface area contributed by atoms with Gasteiger partial charge in [0.2, 0.25) is 0 Å². The average Bonchev–Trinajstić information content (AvgIpc) is 2.30. The van der Waals surface area contributed by atoms with Crippen molar-refractivity contribution in [2.45, 2.75) is 24.1 Å². The van der Waals surface area contributed by atoms with Crippen LogP contribution in [0.15, 0.2) is 24.3 Å². The normalized spacial score (nSPS) is 13.5. The van der Waals surface area contributed by atoms with Crippen LogP contribution in [-0.4, -0.2) is 4.87 Å². The van der Waals surface area contributed by atoms with Crippen molar-refractivity contribution in [3.8, 4) is 12.1 Å². The summed E-state index contributed by atoms with van der Waals surface area (Å²) in [5, 5.41) is 18.2. The Morgan fingerprint density at radius 1 is 1.19 bits per heavy atom. The highest BCUT2D eigenvalue weighted by Gasteiger charge is 2.26. The molecule has 0 saturated heterocycles. The molecular formula is C12H10Cl2N2. The van der Waals surface area contributed by atoms with E-state index in [1.54, 1.807) is 12.1 Å². The Morgan fingerprint density at radius 2 is 1.81 bits per heavy atom. The highest BCUT2D eigenvalue weighted by atomic mass is 35.5. The maximum Gasteiger partial charge on any atom is 0.136 e. The first-order chi connectivity index (χ1) is 7.59. The van der Waals surface area contributed by atoms with Gasteiger partial charge in [-0.1, -0.05) is 23.7 Å². The summed E-state index contributed by atoms with van der Waals surface area (Å²) in [6, 6.07) is 11.2. The molecule has 16 heavy (non-hydrogen) atoms. The predicted octanol–water partition coefficient (Wildman–Crippen LogP) is 3.69. The summed E-state index contributed by atoms with van der Waals surface area (Å²) in [5.74, 6) is 0. The lowest BCUT2D eigenvalue weighted by Crippen LogP contribution is -2.22. The second-order valence-electron chi connectivity index (χ2n) is 3.54. The summed E-state index contributed by atoms with van der Waals surface area (Å²) in [6.45, 7) is 0. The Morgan fingerprint density at radius 3 is 2.31 bits per heavy atom. The van der Waals surface area contributed by atoms with Crippen LogP contribution in [0.4, 0.5) is 0 Å².